The lowest BCUT2D eigenvalue weighted by Crippen LogP contribution is -2.41. The van der Waals surface area contributed by atoms with Crippen molar-refractivity contribution in [2.24, 2.45) is 10.9 Å². The molecule has 0 bridgehead atoms. The minimum Gasteiger partial charge on any atom is -0.383 e. The lowest BCUT2D eigenvalue weighted by molar-refractivity contribution is 0.142. The lowest BCUT2D eigenvalue weighted by Gasteiger charge is -2.25. The molecule has 2 heterocycles. The summed E-state index contributed by atoms with van der Waals surface area (Å²) in [5.41, 5.74) is 1.45. The molecule has 2 aliphatic rings. The maximum absolute atomic E-state index is 5.26. The van der Waals surface area contributed by atoms with Gasteiger partial charge < -0.3 is 15.0 Å². The van der Waals surface area contributed by atoms with E-state index in [0.717, 1.165) is 51.2 Å². The molecular formula is C22H37IN4O. The minimum absolute atomic E-state index is 0. The summed E-state index contributed by atoms with van der Waals surface area (Å²) < 4.78 is 5.26. The van der Waals surface area contributed by atoms with Crippen LogP contribution in [0.2, 0.25) is 0 Å². The Morgan fingerprint density at radius 3 is 2.79 bits per heavy atom. The lowest BCUT2D eigenvalue weighted by atomic mass is 9.99. The maximum Gasteiger partial charge on any atom is 0.193 e. The van der Waals surface area contributed by atoms with Gasteiger partial charge in [-0.2, -0.15) is 0 Å². The summed E-state index contributed by atoms with van der Waals surface area (Å²) in [4.78, 5) is 10.0. The summed E-state index contributed by atoms with van der Waals surface area (Å²) >= 11 is 0. The van der Waals surface area contributed by atoms with Gasteiger partial charge in [-0.1, -0.05) is 30.3 Å². The third-order valence-corrected chi connectivity index (χ3v) is 5.82. The number of halogens is 1. The first-order chi connectivity index (χ1) is 13.3. The van der Waals surface area contributed by atoms with E-state index in [9.17, 15) is 0 Å². The molecular weight excluding hydrogens is 463 g/mol. The zero-order valence-corrected chi connectivity index (χ0v) is 19.8. The number of nitrogens with one attached hydrogen (secondary N) is 1. The molecule has 3 rings (SSSR count). The number of nitrogens with zero attached hydrogens (tertiary/aromatic N) is 3. The molecule has 2 saturated heterocycles. The van der Waals surface area contributed by atoms with Crippen LogP contribution in [0, 0.1) is 5.92 Å². The summed E-state index contributed by atoms with van der Waals surface area (Å²) in [7, 11) is 1.78. The molecule has 2 unspecified atom stereocenters. The van der Waals surface area contributed by atoms with Gasteiger partial charge in [0, 0.05) is 39.3 Å². The van der Waals surface area contributed by atoms with E-state index in [2.05, 4.69) is 52.4 Å². The molecule has 0 aromatic heterocycles. The van der Waals surface area contributed by atoms with Gasteiger partial charge in [-0.25, -0.2) is 0 Å². The number of methoxy groups -OCH3 is 1. The zero-order chi connectivity index (χ0) is 18.9. The van der Waals surface area contributed by atoms with Crippen molar-refractivity contribution in [2.75, 3.05) is 53.0 Å². The van der Waals surface area contributed by atoms with E-state index in [1.807, 2.05) is 0 Å². The second-order valence-corrected chi connectivity index (χ2v) is 7.81. The Bertz CT molecular complexity index is 583. The Labute approximate surface area is 187 Å². The number of benzene rings is 1. The average Bonchev–Trinajstić information content (AvgIpc) is 3.33. The molecule has 2 fully saturated rings. The molecule has 1 aromatic rings. The second-order valence-electron chi connectivity index (χ2n) is 7.81. The van der Waals surface area contributed by atoms with E-state index in [1.165, 1.54) is 37.8 Å². The summed E-state index contributed by atoms with van der Waals surface area (Å²) in [6, 6.07) is 11.4. The fourth-order valence-electron chi connectivity index (χ4n) is 4.36. The SMILES string of the molecule is CCNC(=NCC1CCCN1CCOC)N1CCC(Cc2ccccc2)C1.I. The standard InChI is InChI=1S/C22H36N4O.HI/c1-3-23-22(24-17-21-10-7-12-25(21)14-15-27-2)26-13-11-20(18-26)16-19-8-5-4-6-9-19;/h4-6,8-9,20-21H,3,7,10-18H2,1-2H3,(H,23,24);1H. The Balaban J connectivity index is 0.00000280. The third-order valence-electron chi connectivity index (χ3n) is 5.82. The Morgan fingerprint density at radius 2 is 2.04 bits per heavy atom. The topological polar surface area (TPSA) is 40.1 Å². The van der Waals surface area contributed by atoms with E-state index in [4.69, 9.17) is 9.73 Å². The fraction of sp³-hybridized carbons (Fsp3) is 0.682. The third kappa shape index (κ3) is 6.88. The molecule has 0 radical (unpaired) electrons. The molecule has 0 aliphatic carbocycles. The quantitative estimate of drug-likeness (QED) is 0.338. The molecule has 5 nitrogen and oxygen atoms in total. The van der Waals surface area contributed by atoms with Crippen molar-refractivity contribution in [1.29, 1.82) is 0 Å². The number of likely N-dealkylation sites (tertiary alicyclic amines) is 2. The molecule has 0 spiro atoms. The first-order valence-electron chi connectivity index (χ1n) is 10.6. The van der Waals surface area contributed by atoms with Crippen LogP contribution in [0.5, 0.6) is 0 Å². The Hall–Kier alpha value is -0.860. The van der Waals surface area contributed by atoms with Crippen molar-refractivity contribution in [3.63, 3.8) is 0 Å². The van der Waals surface area contributed by atoms with Gasteiger partial charge in [-0.15, -0.1) is 24.0 Å². The summed E-state index contributed by atoms with van der Waals surface area (Å²) in [6.07, 6.45) is 4.96. The van der Waals surface area contributed by atoms with E-state index in [0.29, 0.717) is 6.04 Å². The van der Waals surface area contributed by atoms with E-state index < -0.39 is 0 Å². The number of guanidine groups is 1. The monoisotopic (exact) mass is 500 g/mol. The van der Waals surface area contributed by atoms with Crippen LogP contribution in [0.3, 0.4) is 0 Å². The molecule has 6 heteroatoms. The highest BCUT2D eigenvalue weighted by Crippen LogP contribution is 2.21. The van der Waals surface area contributed by atoms with Crippen LogP contribution in [0.1, 0.15) is 31.7 Å². The summed E-state index contributed by atoms with van der Waals surface area (Å²) in [5.74, 6) is 1.83. The number of rotatable bonds is 8. The van der Waals surface area contributed by atoms with E-state index in [1.54, 1.807) is 7.11 Å². The normalized spacial score (nSPS) is 23.1. The molecule has 1 N–H and O–H groups in total. The van der Waals surface area contributed by atoms with Gasteiger partial charge in [0.05, 0.1) is 13.2 Å². The van der Waals surface area contributed by atoms with Crippen LogP contribution in [0.15, 0.2) is 35.3 Å². The molecule has 1 aromatic carbocycles. The molecule has 2 atom stereocenters. The van der Waals surface area contributed by atoms with Gasteiger partial charge in [0.2, 0.25) is 0 Å². The second kappa shape index (κ2) is 12.6. The Morgan fingerprint density at radius 1 is 1.21 bits per heavy atom. The molecule has 158 valence electrons. The molecule has 0 saturated carbocycles. The maximum atomic E-state index is 5.26. The number of hydrogen-bond donors (Lipinski definition) is 1. The Kier molecular flexibility index (Phi) is 10.6. The smallest absolute Gasteiger partial charge is 0.193 e. The highest BCUT2D eigenvalue weighted by Gasteiger charge is 2.27. The minimum atomic E-state index is 0. The average molecular weight is 500 g/mol. The van der Waals surface area contributed by atoms with Crippen LogP contribution < -0.4 is 5.32 Å². The summed E-state index contributed by atoms with van der Waals surface area (Å²) in [5, 5.41) is 3.52. The van der Waals surface area contributed by atoms with Crippen molar-refractivity contribution in [3.05, 3.63) is 35.9 Å². The molecule has 2 aliphatic heterocycles. The van der Waals surface area contributed by atoms with Gasteiger partial charge in [-0.3, -0.25) is 9.89 Å². The predicted molar refractivity (Wildman–Crippen MR) is 128 cm³/mol. The zero-order valence-electron chi connectivity index (χ0n) is 17.5. The van der Waals surface area contributed by atoms with Gasteiger partial charge in [0.1, 0.15) is 0 Å². The van der Waals surface area contributed by atoms with Crippen molar-refractivity contribution in [1.82, 2.24) is 15.1 Å². The van der Waals surface area contributed by atoms with Crippen molar-refractivity contribution in [3.8, 4) is 0 Å². The molecule has 0 amide bonds. The first kappa shape index (κ1) is 23.4. The van der Waals surface area contributed by atoms with Gasteiger partial charge in [-0.05, 0) is 50.6 Å². The van der Waals surface area contributed by atoms with Crippen LogP contribution in [-0.2, 0) is 11.2 Å². The van der Waals surface area contributed by atoms with Crippen LogP contribution in [0.25, 0.3) is 0 Å². The van der Waals surface area contributed by atoms with Crippen LogP contribution >= 0.6 is 24.0 Å². The van der Waals surface area contributed by atoms with Gasteiger partial charge in [0.25, 0.3) is 0 Å². The first-order valence-corrected chi connectivity index (χ1v) is 10.6. The summed E-state index contributed by atoms with van der Waals surface area (Å²) in [6.45, 7) is 9.23. The van der Waals surface area contributed by atoms with Crippen LogP contribution in [-0.4, -0.2) is 74.8 Å². The van der Waals surface area contributed by atoms with E-state index in [-0.39, 0.29) is 24.0 Å². The van der Waals surface area contributed by atoms with E-state index >= 15 is 0 Å². The highest BCUT2D eigenvalue weighted by atomic mass is 127. The van der Waals surface area contributed by atoms with Crippen molar-refractivity contribution < 1.29 is 4.74 Å². The van der Waals surface area contributed by atoms with Gasteiger partial charge >= 0.3 is 0 Å². The number of hydrogen-bond acceptors (Lipinski definition) is 3. The fourth-order valence-corrected chi connectivity index (χ4v) is 4.36. The van der Waals surface area contributed by atoms with Crippen molar-refractivity contribution in [2.45, 2.75) is 38.6 Å². The largest absolute Gasteiger partial charge is 0.383 e. The predicted octanol–water partition coefficient (Wildman–Crippen LogP) is 3.25. The highest BCUT2D eigenvalue weighted by molar-refractivity contribution is 14.0. The van der Waals surface area contributed by atoms with Crippen LogP contribution in [0.4, 0.5) is 0 Å². The molecule has 28 heavy (non-hydrogen) atoms. The van der Waals surface area contributed by atoms with Crippen molar-refractivity contribution >= 4 is 29.9 Å². The number of aliphatic imine (C=N–C) groups is 1. The number of ether oxygens (including phenoxy) is 1. The van der Waals surface area contributed by atoms with Gasteiger partial charge in [0.15, 0.2) is 5.96 Å².